The number of aliphatic carboxylic acids is 1. The van der Waals surface area contributed by atoms with E-state index in [1.165, 1.54) is 0 Å². The summed E-state index contributed by atoms with van der Waals surface area (Å²) in [7, 11) is 0. The van der Waals surface area contributed by atoms with Crippen LogP contribution >= 0.6 is 0 Å². The molecule has 0 spiro atoms. The smallest absolute Gasteiger partial charge is 0.303 e. The molecule has 0 aromatic rings. The van der Waals surface area contributed by atoms with Crippen LogP contribution in [0.15, 0.2) is 0 Å². The number of hydrogen-bond donors (Lipinski definition) is 1. The molecule has 0 aromatic carbocycles. The molecule has 6 nitrogen and oxygen atoms in total. The second kappa shape index (κ2) is 8.31. The summed E-state index contributed by atoms with van der Waals surface area (Å²) in [5, 5.41) is 19.0. The number of unbranched alkanes of at least 4 members (excludes halogenated alkanes) is 2. The summed E-state index contributed by atoms with van der Waals surface area (Å²) >= 11 is 0. The fourth-order valence-electron chi connectivity index (χ4n) is 2.43. The molecule has 0 heterocycles. The maximum atomic E-state index is 11.7. The Morgan fingerprint density at radius 1 is 1.40 bits per heavy atom. The standard InChI is InChI=1S/C14H19NO5/c16-13-9-8-11(10-15(19)20)12(13)6-4-2-1-3-5-7-14(17)18/h11-12H,1,3,5-10H2,(H,17,18). The molecule has 1 saturated carbocycles. The topological polar surface area (TPSA) is 97.5 Å². The van der Waals surface area contributed by atoms with Crippen LogP contribution in [-0.2, 0) is 9.59 Å². The maximum Gasteiger partial charge on any atom is 0.303 e. The lowest BCUT2D eigenvalue weighted by molar-refractivity contribution is -0.489. The third-order valence-corrected chi connectivity index (χ3v) is 3.52. The minimum absolute atomic E-state index is 0.0806. The molecular formula is C14H19NO5. The third-order valence-electron chi connectivity index (χ3n) is 3.52. The Morgan fingerprint density at radius 3 is 2.80 bits per heavy atom. The number of carboxylic acids is 1. The van der Waals surface area contributed by atoms with Crippen LogP contribution in [-0.4, -0.2) is 28.3 Å². The third kappa shape index (κ3) is 5.83. The van der Waals surface area contributed by atoms with E-state index in [1.54, 1.807) is 0 Å². The van der Waals surface area contributed by atoms with Crippen molar-refractivity contribution in [3.63, 3.8) is 0 Å². The van der Waals surface area contributed by atoms with Crippen molar-refractivity contribution in [2.45, 2.75) is 44.9 Å². The first-order valence-corrected chi connectivity index (χ1v) is 6.82. The zero-order chi connectivity index (χ0) is 15.0. The van der Waals surface area contributed by atoms with Gasteiger partial charge in [-0.1, -0.05) is 0 Å². The highest BCUT2D eigenvalue weighted by atomic mass is 16.6. The lowest BCUT2D eigenvalue weighted by Crippen LogP contribution is -2.21. The Kier molecular flexibility index (Phi) is 6.71. The number of carboxylic acid groups (broad SMARTS) is 1. The SMILES string of the molecule is O=C(O)CCCCC#CCC1C(=O)CCC1C[N+](=O)[O-]. The van der Waals surface area contributed by atoms with Crippen LogP contribution in [0.5, 0.6) is 0 Å². The largest absolute Gasteiger partial charge is 0.481 e. The van der Waals surface area contributed by atoms with Crippen LogP contribution in [0.25, 0.3) is 0 Å². The Morgan fingerprint density at radius 2 is 2.15 bits per heavy atom. The van der Waals surface area contributed by atoms with Crippen molar-refractivity contribution >= 4 is 11.8 Å². The molecular weight excluding hydrogens is 262 g/mol. The van der Waals surface area contributed by atoms with Gasteiger partial charge in [0.25, 0.3) is 0 Å². The van der Waals surface area contributed by atoms with Crippen LogP contribution in [0.4, 0.5) is 0 Å². The number of hydrogen-bond acceptors (Lipinski definition) is 4. The van der Waals surface area contributed by atoms with E-state index in [1.807, 2.05) is 0 Å². The van der Waals surface area contributed by atoms with E-state index in [0.29, 0.717) is 32.1 Å². The van der Waals surface area contributed by atoms with Gasteiger partial charge < -0.3 is 5.11 Å². The zero-order valence-electron chi connectivity index (χ0n) is 11.3. The van der Waals surface area contributed by atoms with Gasteiger partial charge in [-0.05, 0) is 19.3 Å². The van der Waals surface area contributed by atoms with Gasteiger partial charge >= 0.3 is 5.97 Å². The molecule has 0 bridgehead atoms. The lowest BCUT2D eigenvalue weighted by Gasteiger charge is -2.10. The van der Waals surface area contributed by atoms with Gasteiger partial charge in [-0.15, -0.1) is 11.8 Å². The Balaban J connectivity index is 2.30. The van der Waals surface area contributed by atoms with E-state index in [4.69, 9.17) is 5.11 Å². The van der Waals surface area contributed by atoms with Gasteiger partial charge in [-0.25, -0.2) is 0 Å². The minimum Gasteiger partial charge on any atom is -0.481 e. The Bertz CT molecular complexity index is 435. The molecule has 1 N–H and O–H groups in total. The molecule has 0 amide bonds. The first kappa shape index (κ1) is 16.2. The molecule has 1 aliphatic rings. The van der Waals surface area contributed by atoms with Gasteiger partial charge in [0, 0.05) is 42.4 Å². The molecule has 1 rings (SSSR count). The number of carbonyl (C=O) groups is 2. The van der Waals surface area contributed by atoms with Crippen molar-refractivity contribution in [1.29, 1.82) is 0 Å². The van der Waals surface area contributed by atoms with Gasteiger partial charge in [0.15, 0.2) is 0 Å². The summed E-state index contributed by atoms with van der Waals surface area (Å²) in [6, 6.07) is 0. The number of ketones is 1. The summed E-state index contributed by atoms with van der Waals surface area (Å²) < 4.78 is 0. The molecule has 110 valence electrons. The van der Waals surface area contributed by atoms with E-state index >= 15 is 0 Å². The Labute approximate surface area is 117 Å². The van der Waals surface area contributed by atoms with Crippen molar-refractivity contribution < 1.29 is 19.6 Å². The van der Waals surface area contributed by atoms with Crippen LogP contribution in [0.2, 0.25) is 0 Å². The fraction of sp³-hybridized carbons (Fsp3) is 0.714. The first-order valence-electron chi connectivity index (χ1n) is 6.82. The second-order valence-electron chi connectivity index (χ2n) is 5.05. The summed E-state index contributed by atoms with van der Waals surface area (Å²) in [5.74, 6) is 4.62. The highest BCUT2D eigenvalue weighted by molar-refractivity contribution is 5.83. The number of rotatable bonds is 7. The molecule has 0 aliphatic heterocycles. The highest BCUT2D eigenvalue weighted by Crippen LogP contribution is 2.31. The van der Waals surface area contributed by atoms with E-state index in [-0.39, 0.29) is 35.5 Å². The van der Waals surface area contributed by atoms with Crippen LogP contribution in [0.3, 0.4) is 0 Å². The maximum absolute atomic E-state index is 11.7. The van der Waals surface area contributed by atoms with Crippen molar-refractivity contribution in [2.75, 3.05) is 6.54 Å². The lowest BCUT2D eigenvalue weighted by atomic mass is 9.92. The van der Waals surface area contributed by atoms with Gasteiger partial charge in [0.05, 0.1) is 0 Å². The van der Waals surface area contributed by atoms with Crippen LogP contribution < -0.4 is 0 Å². The molecule has 2 unspecified atom stereocenters. The molecule has 1 fully saturated rings. The zero-order valence-corrected chi connectivity index (χ0v) is 11.3. The van der Waals surface area contributed by atoms with Gasteiger partial charge in [-0.2, -0.15) is 0 Å². The number of Topliss-reactive ketones (excluding diaryl/α,β-unsaturated/α-hetero) is 1. The van der Waals surface area contributed by atoms with Crippen molar-refractivity contribution in [3.05, 3.63) is 10.1 Å². The van der Waals surface area contributed by atoms with Gasteiger partial charge in [0.1, 0.15) is 5.78 Å². The predicted octanol–water partition coefficient (Wildman–Crippen LogP) is 1.90. The van der Waals surface area contributed by atoms with Gasteiger partial charge in [-0.3, -0.25) is 19.7 Å². The number of nitrogens with zero attached hydrogens (tertiary/aromatic N) is 1. The van der Waals surface area contributed by atoms with Crippen molar-refractivity contribution in [2.24, 2.45) is 11.8 Å². The van der Waals surface area contributed by atoms with Crippen molar-refractivity contribution in [1.82, 2.24) is 0 Å². The average molecular weight is 281 g/mol. The van der Waals surface area contributed by atoms with Crippen LogP contribution in [0, 0.1) is 33.8 Å². The second-order valence-corrected chi connectivity index (χ2v) is 5.05. The highest BCUT2D eigenvalue weighted by Gasteiger charge is 2.36. The summed E-state index contributed by atoms with van der Waals surface area (Å²) in [6.45, 7) is -0.156. The molecule has 6 heteroatoms. The van der Waals surface area contributed by atoms with E-state index in [0.717, 1.165) is 6.42 Å². The first-order chi connectivity index (χ1) is 9.50. The Hall–Kier alpha value is -1.90. The van der Waals surface area contributed by atoms with E-state index in [9.17, 15) is 19.7 Å². The predicted molar refractivity (Wildman–Crippen MR) is 71.6 cm³/mol. The fourth-order valence-corrected chi connectivity index (χ4v) is 2.43. The molecule has 0 aromatic heterocycles. The molecule has 20 heavy (non-hydrogen) atoms. The summed E-state index contributed by atoms with van der Waals surface area (Å²) in [4.78, 5) is 32.1. The van der Waals surface area contributed by atoms with Gasteiger partial charge in [0.2, 0.25) is 6.54 Å². The summed E-state index contributed by atoms with van der Waals surface area (Å²) in [6.07, 6.45) is 3.46. The number of nitro groups is 1. The summed E-state index contributed by atoms with van der Waals surface area (Å²) in [5.41, 5.74) is 0. The van der Waals surface area contributed by atoms with E-state index < -0.39 is 5.97 Å². The van der Waals surface area contributed by atoms with E-state index in [2.05, 4.69) is 11.8 Å². The van der Waals surface area contributed by atoms with Crippen LogP contribution in [0.1, 0.15) is 44.9 Å². The molecule has 0 radical (unpaired) electrons. The monoisotopic (exact) mass is 281 g/mol. The van der Waals surface area contributed by atoms with Crippen molar-refractivity contribution in [3.8, 4) is 11.8 Å². The molecule has 1 aliphatic carbocycles. The quantitative estimate of drug-likeness (QED) is 0.332. The molecule has 0 saturated heterocycles. The number of carbonyl (C=O) groups excluding carboxylic acids is 1. The minimum atomic E-state index is -0.808. The molecule has 2 atom stereocenters. The normalized spacial score (nSPS) is 21.3. The average Bonchev–Trinajstić information content (AvgIpc) is 2.68.